The summed E-state index contributed by atoms with van der Waals surface area (Å²) in [5.41, 5.74) is 3.17. The molecule has 0 aliphatic rings. The Morgan fingerprint density at radius 3 is 2.47 bits per heavy atom. The third-order valence-electron chi connectivity index (χ3n) is 2.19. The molecule has 96 valence electrons. The largest absolute Gasteiger partial charge is 0.269 e. The maximum Gasteiger partial charge on any atom is 0.269 e. The van der Waals surface area contributed by atoms with Crippen LogP contribution < -0.4 is 5.43 Å². The third kappa shape index (κ3) is 3.46. The molecule has 1 aromatic carbocycles. The minimum Gasteiger partial charge on any atom is -0.268 e. The highest BCUT2D eigenvalue weighted by atomic mass is 16.6. The van der Waals surface area contributed by atoms with E-state index in [0.717, 1.165) is 0 Å². The van der Waals surface area contributed by atoms with Gasteiger partial charge < -0.3 is 0 Å². The summed E-state index contributed by atoms with van der Waals surface area (Å²) < 4.78 is 1.31. The molecule has 0 radical (unpaired) electrons. The van der Waals surface area contributed by atoms with Crippen LogP contribution in [0.15, 0.2) is 43.0 Å². The zero-order chi connectivity index (χ0) is 13.7. The van der Waals surface area contributed by atoms with Crippen LogP contribution in [-0.2, 0) is 4.79 Å². The van der Waals surface area contributed by atoms with Gasteiger partial charge >= 0.3 is 0 Å². The van der Waals surface area contributed by atoms with Gasteiger partial charge in [0.25, 0.3) is 11.6 Å². The molecule has 19 heavy (non-hydrogen) atoms. The fraction of sp³-hybridized carbons (Fsp3) is 0. The van der Waals surface area contributed by atoms with E-state index in [9.17, 15) is 14.9 Å². The van der Waals surface area contributed by atoms with Gasteiger partial charge in [-0.3, -0.25) is 20.3 Å². The van der Waals surface area contributed by atoms with Gasteiger partial charge in [0.05, 0.1) is 4.92 Å². The molecule has 1 heterocycles. The molecule has 0 aliphatic carbocycles. The van der Waals surface area contributed by atoms with Crippen molar-refractivity contribution in [3.05, 3.63) is 58.7 Å². The van der Waals surface area contributed by atoms with Crippen molar-refractivity contribution in [2.45, 2.75) is 0 Å². The van der Waals surface area contributed by atoms with Crippen LogP contribution in [0.5, 0.6) is 0 Å². The van der Waals surface area contributed by atoms with Gasteiger partial charge in [-0.25, -0.2) is 4.68 Å². The Kier molecular flexibility index (Phi) is 3.62. The van der Waals surface area contributed by atoms with E-state index in [1.807, 2.05) is 0 Å². The van der Waals surface area contributed by atoms with Crippen LogP contribution in [0.2, 0.25) is 0 Å². The van der Waals surface area contributed by atoms with E-state index in [4.69, 9.17) is 0 Å². The average molecular weight is 259 g/mol. The lowest BCUT2D eigenvalue weighted by atomic mass is 10.2. The minimum atomic E-state index is -0.480. The number of nitro groups is 1. The summed E-state index contributed by atoms with van der Waals surface area (Å²) in [6.45, 7) is 0. The van der Waals surface area contributed by atoms with Crippen LogP contribution in [0.4, 0.5) is 5.69 Å². The van der Waals surface area contributed by atoms with E-state index < -0.39 is 4.92 Å². The number of non-ortho nitro benzene ring substituents is 1. The van der Waals surface area contributed by atoms with Crippen molar-refractivity contribution in [1.29, 1.82) is 0 Å². The second-order valence-corrected chi connectivity index (χ2v) is 3.53. The van der Waals surface area contributed by atoms with Gasteiger partial charge in [-0.1, -0.05) is 0 Å². The summed E-state index contributed by atoms with van der Waals surface area (Å²) in [5.74, 6) is -0.363. The highest BCUT2D eigenvalue weighted by Crippen LogP contribution is 2.12. The number of carbonyl (C=O) groups is 1. The number of carbonyl (C=O) groups excluding carboxylic acids is 1. The molecule has 1 aromatic heterocycles. The predicted molar refractivity (Wildman–Crippen MR) is 66.5 cm³/mol. The van der Waals surface area contributed by atoms with Crippen molar-refractivity contribution in [2.24, 2.45) is 0 Å². The number of rotatable bonds is 4. The minimum absolute atomic E-state index is 0.00564. The highest BCUT2D eigenvalue weighted by molar-refractivity contribution is 5.97. The van der Waals surface area contributed by atoms with Gasteiger partial charge in [0.15, 0.2) is 0 Å². The Bertz CT molecular complexity index is 604. The maximum atomic E-state index is 11.5. The highest BCUT2D eigenvalue weighted by Gasteiger charge is 2.02. The molecular weight excluding hydrogens is 250 g/mol. The van der Waals surface area contributed by atoms with Crippen molar-refractivity contribution in [2.75, 3.05) is 5.43 Å². The van der Waals surface area contributed by atoms with E-state index in [1.54, 1.807) is 18.2 Å². The van der Waals surface area contributed by atoms with Crippen molar-refractivity contribution in [3.8, 4) is 0 Å². The summed E-state index contributed by atoms with van der Waals surface area (Å²) >= 11 is 0. The van der Waals surface area contributed by atoms with Crippen LogP contribution in [0.25, 0.3) is 6.08 Å². The van der Waals surface area contributed by atoms with Crippen molar-refractivity contribution in [1.82, 2.24) is 14.9 Å². The van der Waals surface area contributed by atoms with E-state index >= 15 is 0 Å². The molecule has 8 heteroatoms. The molecule has 2 rings (SSSR count). The number of amides is 1. The fourth-order valence-corrected chi connectivity index (χ4v) is 1.30. The topological polar surface area (TPSA) is 103 Å². The molecule has 0 spiro atoms. The first-order chi connectivity index (χ1) is 9.15. The Morgan fingerprint density at radius 2 is 1.89 bits per heavy atom. The molecule has 0 fully saturated rings. The second kappa shape index (κ2) is 5.54. The Morgan fingerprint density at radius 1 is 1.26 bits per heavy atom. The van der Waals surface area contributed by atoms with E-state index in [-0.39, 0.29) is 11.6 Å². The molecule has 1 N–H and O–H groups in total. The molecule has 0 bridgehead atoms. The lowest BCUT2D eigenvalue weighted by Gasteiger charge is -1.99. The SMILES string of the molecule is O=C(/C=C\c1ccc([N+](=O)[O-])cc1)Nn1cnnc1. The zero-order valence-corrected chi connectivity index (χ0v) is 9.63. The van der Waals surface area contributed by atoms with Gasteiger partial charge in [-0.15, -0.1) is 10.2 Å². The summed E-state index contributed by atoms with van der Waals surface area (Å²) in [6.07, 6.45) is 5.54. The first-order valence-electron chi connectivity index (χ1n) is 5.23. The molecule has 0 aliphatic heterocycles. The molecule has 8 nitrogen and oxygen atoms in total. The molecular formula is C11H9N5O3. The molecule has 0 saturated carbocycles. The van der Waals surface area contributed by atoms with E-state index in [1.165, 1.54) is 35.5 Å². The normalized spacial score (nSPS) is 10.5. The number of nitrogens with zero attached hydrogens (tertiary/aromatic N) is 4. The summed E-state index contributed by atoms with van der Waals surface area (Å²) in [4.78, 5) is 21.5. The van der Waals surface area contributed by atoms with Crippen molar-refractivity contribution in [3.63, 3.8) is 0 Å². The number of hydrogen-bond acceptors (Lipinski definition) is 5. The van der Waals surface area contributed by atoms with Crippen LogP contribution in [-0.4, -0.2) is 25.7 Å². The van der Waals surface area contributed by atoms with Crippen molar-refractivity contribution >= 4 is 17.7 Å². The maximum absolute atomic E-state index is 11.5. The number of nitro benzene ring substituents is 1. The Hall–Kier alpha value is -3.03. The average Bonchev–Trinajstić information content (AvgIpc) is 2.89. The fourth-order valence-electron chi connectivity index (χ4n) is 1.30. The number of hydrogen-bond donors (Lipinski definition) is 1. The lowest BCUT2D eigenvalue weighted by Crippen LogP contribution is -2.18. The molecule has 1 amide bonds. The van der Waals surface area contributed by atoms with Gasteiger partial charge in [0.1, 0.15) is 12.7 Å². The predicted octanol–water partition coefficient (Wildman–Crippen LogP) is 0.970. The Labute approximate surface area is 107 Å². The third-order valence-corrected chi connectivity index (χ3v) is 2.19. The van der Waals surface area contributed by atoms with Gasteiger partial charge in [0.2, 0.25) is 0 Å². The zero-order valence-electron chi connectivity index (χ0n) is 9.63. The first-order valence-corrected chi connectivity index (χ1v) is 5.23. The monoisotopic (exact) mass is 259 g/mol. The first kappa shape index (κ1) is 12.4. The summed E-state index contributed by atoms with van der Waals surface area (Å²) in [5, 5.41) is 17.5. The van der Waals surface area contributed by atoms with Gasteiger partial charge in [-0.2, -0.15) is 0 Å². The molecule has 0 saturated heterocycles. The van der Waals surface area contributed by atoms with E-state index in [0.29, 0.717) is 5.56 Å². The van der Waals surface area contributed by atoms with Crippen LogP contribution in [0, 0.1) is 10.1 Å². The number of nitrogens with one attached hydrogen (secondary N) is 1. The van der Waals surface area contributed by atoms with Gasteiger partial charge in [0, 0.05) is 18.2 Å². The summed E-state index contributed by atoms with van der Waals surface area (Å²) in [7, 11) is 0. The molecule has 0 unspecified atom stereocenters. The van der Waals surface area contributed by atoms with Crippen molar-refractivity contribution < 1.29 is 9.72 Å². The van der Waals surface area contributed by atoms with Crippen LogP contribution >= 0.6 is 0 Å². The van der Waals surface area contributed by atoms with Gasteiger partial charge in [-0.05, 0) is 23.8 Å². The van der Waals surface area contributed by atoms with Crippen LogP contribution in [0.1, 0.15) is 5.56 Å². The van der Waals surface area contributed by atoms with Crippen LogP contribution in [0.3, 0.4) is 0 Å². The number of benzene rings is 1. The quantitative estimate of drug-likeness (QED) is 0.500. The molecule has 0 atom stereocenters. The van der Waals surface area contributed by atoms with E-state index in [2.05, 4.69) is 15.6 Å². The standard InChI is InChI=1S/C11H9N5O3/c17-11(14-15-7-12-13-8-15)6-3-9-1-4-10(5-2-9)16(18)19/h1-8H,(H,14,17)/b6-3-. The smallest absolute Gasteiger partial charge is 0.268 e. The number of aromatic nitrogens is 3. The summed E-state index contributed by atoms with van der Waals surface area (Å²) in [6, 6.07) is 5.86. The molecule has 2 aromatic rings. The second-order valence-electron chi connectivity index (χ2n) is 3.53. The lowest BCUT2D eigenvalue weighted by molar-refractivity contribution is -0.384. The Balaban J connectivity index is 1.98.